The highest BCUT2D eigenvalue weighted by Crippen LogP contribution is 2.22. The van der Waals surface area contributed by atoms with Gasteiger partial charge in [0.15, 0.2) is 0 Å². The van der Waals surface area contributed by atoms with E-state index in [1.165, 1.54) is 0 Å². The number of methoxy groups -OCH3 is 1. The Labute approximate surface area is 150 Å². The molecule has 0 aliphatic carbocycles. The first kappa shape index (κ1) is 22.7. The largest absolute Gasteiger partial charge is 0.444 e. The number of amides is 1. The zero-order chi connectivity index (χ0) is 18.3. The Balaban J connectivity index is 4.89. The first-order chi connectivity index (χ1) is 10.4. The van der Waals surface area contributed by atoms with E-state index in [0.717, 1.165) is 6.42 Å². The quantitative estimate of drug-likeness (QED) is 0.548. The topological polar surface area (TPSA) is 48.0 Å². The summed E-state index contributed by atoms with van der Waals surface area (Å²) in [6, 6.07) is 0. The second-order valence-corrected chi connectivity index (χ2v) is 7.94. The van der Waals surface area contributed by atoms with Gasteiger partial charge in [0.1, 0.15) is 5.60 Å². The highest BCUT2D eigenvalue weighted by molar-refractivity contribution is 9.09. The third-order valence-corrected chi connectivity index (χ3v) is 4.99. The number of hydrogen-bond acceptors (Lipinski definition) is 4. The van der Waals surface area contributed by atoms with Crippen LogP contribution in [0.4, 0.5) is 4.79 Å². The van der Waals surface area contributed by atoms with Crippen LogP contribution in [0.2, 0.25) is 0 Å². The van der Waals surface area contributed by atoms with Gasteiger partial charge in [0.25, 0.3) is 0 Å². The van der Waals surface area contributed by atoms with Gasteiger partial charge in [0.2, 0.25) is 0 Å². The van der Waals surface area contributed by atoms with Crippen molar-refractivity contribution in [2.45, 2.75) is 71.7 Å². The minimum absolute atomic E-state index is 0.319. The van der Waals surface area contributed by atoms with Gasteiger partial charge < -0.3 is 19.1 Å². The molecule has 6 heteroatoms. The number of nitrogens with zero attached hydrogens (tertiary/aromatic N) is 1. The van der Waals surface area contributed by atoms with Crippen LogP contribution in [-0.4, -0.2) is 59.9 Å². The lowest BCUT2D eigenvalue weighted by Gasteiger charge is -2.37. The first-order valence-corrected chi connectivity index (χ1v) is 9.29. The summed E-state index contributed by atoms with van der Waals surface area (Å²) >= 11 is 3.51. The highest BCUT2D eigenvalue weighted by Gasteiger charge is 2.33. The molecule has 5 nitrogen and oxygen atoms in total. The van der Waals surface area contributed by atoms with Gasteiger partial charge in [-0.1, -0.05) is 22.9 Å². The van der Waals surface area contributed by atoms with Crippen LogP contribution in [0.25, 0.3) is 0 Å². The Bertz CT molecular complexity index is 366. The van der Waals surface area contributed by atoms with Crippen LogP contribution in [0.15, 0.2) is 0 Å². The zero-order valence-electron chi connectivity index (χ0n) is 16.0. The van der Waals surface area contributed by atoms with Crippen molar-refractivity contribution < 1.29 is 19.0 Å². The standard InChI is InChI=1S/C17H34BrNO4/c1-9-16(6,21-8)13-22-17(7,11-18)12-19(10-2)14(20)23-15(3,4)5/h9-13H2,1-8H3. The molecule has 2 unspecified atom stereocenters. The number of ether oxygens (including phenoxy) is 3. The van der Waals surface area contributed by atoms with E-state index in [-0.39, 0.29) is 11.7 Å². The van der Waals surface area contributed by atoms with E-state index in [2.05, 4.69) is 22.9 Å². The van der Waals surface area contributed by atoms with Crippen LogP contribution in [0.1, 0.15) is 54.9 Å². The smallest absolute Gasteiger partial charge is 0.410 e. The summed E-state index contributed by atoms with van der Waals surface area (Å²) in [4.78, 5) is 14.0. The lowest BCUT2D eigenvalue weighted by molar-refractivity contribution is -0.120. The predicted octanol–water partition coefficient (Wildman–Crippen LogP) is 4.23. The maximum atomic E-state index is 12.3. The molecule has 0 aliphatic rings. The minimum Gasteiger partial charge on any atom is -0.444 e. The Morgan fingerprint density at radius 2 is 1.65 bits per heavy atom. The van der Waals surface area contributed by atoms with Crippen molar-refractivity contribution >= 4 is 22.0 Å². The monoisotopic (exact) mass is 395 g/mol. The number of likely N-dealkylation sites (N-methyl/N-ethyl adjacent to an activating group) is 1. The number of alkyl halides is 1. The van der Waals surface area contributed by atoms with Crippen molar-refractivity contribution in [3.8, 4) is 0 Å². The third-order valence-electron chi connectivity index (χ3n) is 3.81. The summed E-state index contributed by atoms with van der Waals surface area (Å²) in [6.07, 6.45) is 0.534. The van der Waals surface area contributed by atoms with E-state index in [9.17, 15) is 4.79 Å². The van der Waals surface area contributed by atoms with Crippen molar-refractivity contribution in [2.75, 3.05) is 32.1 Å². The summed E-state index contributed by atoms with van der Waals surface area (Å²) in [5.41, 5.74) is -1.35. The third kappa shape index (κ3) is 8.36. The molecule has 0 spiro atoms. The average Bonchev–Trinajstić information content (AvgIpc) is 2.48. The Kier molecular flexibility index (Phi) is 9.10. The molecule has 0 fully saturated rings. The van der Waals surface area contributed by atoms with Gasteiger partial charge in [-0.2, -0.15) is 0 Å². The molecule has 0 aromatic heterocycles. The molecule has 0 aromatic carbocycles. The summed E-state index contributed by atoms with van der Waals surface area (Å²) in [6.45, 7) is 15.1. The molecule has 138 valence electrons. The zero-order valence-corrected chi connectivity index (χ0v) is 17.6. The fourth-order valence-corrected chi connectivity index (χ4v) is 2.13. The van der Waals surface area contributed by atoms with Gasteiger partial charge in [0, 0.05) is 19.0 Å². The van der Waals surface area contributed by atoms with Gasteiger partial charge in [-0.05, 0) is 48.0 Å². The molecule has 0 saturated heterocycles. The minimum atomic E-state index is -0.512. The molecule has 2 atom stereocenters. The molecule has 1 amide bonds. The van der Waals surface area contributed by atoms with E-state index >= 15 is 0 Å². The molecule has 0 aliphatic heterocycles. The molecule has 0 heterocycles. The summed E-state index contributed by atoms with van der Waals surface area (Å²) in [7, 11) is 1.69. The fraction of sp³-hybridized carbons (Fsp3) is 0.941. The Morgan fingerprint density at radius 3 is 2.00 bits per heavy atom. The Hall–Kier alpha value is -0.330. The van der Waals surface area contributed by atoms with Gasteiger partial charge in [0.05, 0.1) is 24.4 Å². The van der Waals surface area contributed by atoms with Gasteiger partial charge in [-0.3, -0.25) is 0 Å². The van der Waals surface area contributed by atoms with E-state index in [1.54, 1.807) is 12.0 Å². The van der Waals surface area contributed by atoms with Crippen LogP contribution in [-0.2, 0) is 14.2 Å². The van der Waals surface area contributed by atoms with Gasteiger partial charge >= 0.3 is 6.09 Å². The van der Waals surface area contributed by atoms with Crippen LogP contribution >= 0.6 is 15.9 Å². The molecule has 0 rings (SSSR count). The highest BCUT2D eigenvalue weighted by atomic mass is 79.9. The number of carbonyl (C=O) groups excluding carboxylic acids is 1. The van der Waals surface area contributed by atoms with Crippen LogP contribution in [0.3, 0.4) is 0 Å². The molecule has 0 N–H and O–H groups in total. The van der Waals surface area contributed by atoms with Gasteiger partial charge in [-0.25, -0.2) is 4.79 Å². The second-order valence-electron chi connectivity index (χ2n) is 7.37. The molecular weight excluding hydrogens is 362 g/mol. The molecule has 0 saturated carbocycles. The average molecular weight is 396 g/mol. The Morgan fingerprint density at radius 1 is 1.09 bits per heavy atom. The normalized spacial score (nSPS) is 17.3. The molecule has 0 bridgehead atoms. The van der Waals surface area contributed by atoms with Crippen molar-refractivity contribution in [1.29, 1.82) is 0 Å². The fourth-order valence-electron chi connectivity index (χ4n) is 1.79. The molecule has 0 aromatic rings. The number of halogens is 1. The summed E-state index contributed by atoms with van der Waals surface area (Å²) < 4.78 is 17.1. The number of rotatable bonds is 9. The van der Waals surface area contributed by atoms with E-state index < -0.39 is 11.2 Å². The van der Waals surface area contributed by atoms with Crippen LogP contribution < -0.4 is 0 Å². The van der Waals surface area contributed by atoms with Crippen molar-refractivity contribution in [3.05, 3.63) is 0 Å². The SMILES string of the molecule is CCN(CC(C)(CBr)OCC(C)(CC)OC)C(=O)OC(C)(C)C. The maximum absolute atomic E-state index is 12.3. The molecule has 23 heavy (non-hydrogen) atoms. The van der Waals surface area contributed by atoms with Crippen molar-refractivity contribution in [3.63, 3.8) is 0 Å². The molecule has 0 radical (unpaired) electrons. The van der Waals surface area contributed by atoms with E-state index in [4.69, 9.17) is 14.2 Å². The van der Waals surface area contributed by atoms with Crippen molar-refractivity contribution in [2.24, 2.45) is 0 Å². The van der Waals surface area contributed by atoms with Crippen LogP contribution in [0, 0.1) is 0 Å². The lowest BCUT2D eigenvalue weighted by Crippen LogP contribution is -2.50. The van der Waals surface area contributed by atoms with E-state index in [0.29, 0.717) is 25.0 Å². The predicted molar refractivity (Wildman–Crippen MR) is 97.3 cm³/mol. The second kappa shape index (κ2) is 9.23. The van der Waals surface area contributed by atoms with Gasteiger partial charge in [-0.15, -0.1) is 0 Å². The summed E-state index contributed by atoms with van der Waals surface area (Å²) in [5.74, 6) is 0. The number of hydrogen-bond donors (Lipinski definition) is 0. The molecular formula is C17H34BrNO4. The lowest BCUT2D eigenvalue weighted by atomic mass is 10.0. The maximum Gasteiger partial charge on any atom is 0.410 e. The van der Waals surface area contributed by atoms with Crippen molar-refractivity contribution in [1.82, 2.24) is 4.90 Å². The van der Waals surface area contributed by atoms with E-state index in [1.807, 2.05) is 41.5 Å². The summed E-state index contributed by atoms with van der Waals surface area (Å²) in [5, 5.41) is 0.614. The number of carbonyl (C=O) groups is 1. The first-order valence-electron chi connectivity index (χ1n) is 8.17. The van der Waals surface area contributed by atoms with Crippen LogP contribution in [0.5, 0.6) is 0 Å².